The van der Waals surface area contributed by atoms with Crippen molar-refractivity contribution >= 4 is 52.7 Å². The van der Waals surface area contributed by atoms with E-state index < -0.39 is 29.4 Å². The van der Waals surface area contributed by atoms with Crippen LogP contribution in [-0.2, 0) is 10.5 Å². The number of nitrogens with one attached hydrogen (secondary N) is 2. The molecule has 5 saturated heterocycles. The third kappa shape index (κ3) is 8.27. The van der Waals surface area contributed by atoms with Gasteiger partial charge in [0.1, 0.15) is 17.5 Å². The number of carbonyl (C=O) groups excluding carboxylic acids is 5. The third-order valence-corrected chi connectivity index (χ3v) is 15.0. The van der Waals surface area contributed by atoms with Crippen LogP contribution in [0.25, 0.3) is 0 Å². The van der Waals surface area contributed by atoms with E-state index in [1.54, 1.807) is 42.6 Å². The number of hydrogen-bond donors (Lipinski definition) is 3. The first-order valence-corrected chi connectivity index (χ1v) is 23.5. The smallest absolute Gasteiger partial charge is 0.320 e. The second kappa shape index (κ2) is 17.4. The van der Waals surface area contributed by atoms with Gasteiger partial charge in [0, 0.05) is 82.0 Å². The highest BCUT2D eigenvalue weighted by Gasteiger charge is 2.45. The van der Waals surface area contributed by atoms with Crippen molar-refractivity contribution in [2.45, 2.75) is 94.4 Å². The summed E-state index contributed by atoms with van der Waals surface area (Å²) in [5.41, 5.74) is 7.60. The Morgan fingerprint density at radius 1 is 0.831 bits per heavy atom. The molecule has 7 heterocycles. The van der Waals surface area contributed by atoms with Crippen LogP contribution < -0.4 is 26.2 Å². The first-order chi connectivity index (χ1) is 31.4. The minimum Gasteiger partial charge on any atom is -0.371 e. The second-order valence-corrected chi connectivity index (χ2v) is 19.1. The van der Waals surface area contributed by atoms with E-state index in [0.29, 0.717) is 91.2 Å². The highest BCUT2D eigenvalue weighted by atomic mass is 19.1. The Labute approximate surface area is 378 Å². The fourth-order valence-electron chi connectivity index (χ4n) is 11.4. The van der Waals surface area contributed by atoms with Crippen LogP contribution in [0.3, 0.4) is 0 Å². The molecule has 6 amide bonds. The molecule has 3 aromatic rings. The molecule has 16 nitrogen and oxygen atoms in total. The molecular weight excluding hydrogens is 830 g/mol. The Morgan fingerprint density at radius 3 is 2.29 bits per heavy atom. The maximum Gasteiger partial charge on any atom is 0.320 e. The SMILES string of the molecule is C=C1CCC(N2C(=O)c3ccc(N4CCC(CN5CCC(F)(c6ccc(Nc7nc(N8CCCC(N9CCN(C%10CCCC%10)C9=O)C8)cnc7C(N)=O)cc6)CC5)C4)cc3C2=O)C(=O)N1. The average Bonchev–Trinajstić information content (AvgIpc) is 4.13. The standard InChI is InChI=1S/C48H58FN11O5/c1-30-8-15-39(44(62)52-30)60-45(63)37-14-13-35(25-38(37)46(60)64)56-20-16-31(28-56)27-55-21-17-48(49,18-22-55)32-9-11-33(12-10-32)53-43-41(42(50)61)51-26-40(54-43)57-19-4-7-36(29-57)59-24-23-58(47(59)65)34-5-2-3-6-34/h9-14,25-26,31,34,36,39H,1-8,15-24,27-29H2,(H2,50,61)(H,52,62)(H,53,54). The van der Waals surface area contributed by atoms with Crippen LogP contribution in [0.15, 0.2) is 60.9 Å². The molecule has 342 valence electrons. The molecule has 4 N–H and O–H groups in total. The number of primary amides is 1. The number of aromatic nitrogens is 2. The Balaban J connectivity index is 0.728. The van der Waals surface area contributed by atoms with Crippen LogP contribution in [0.2, 0.25) is 0 Å². The monoisotopic (exact) mass is 887 g/mol. The first-order valence-electron chi connectivity index (χ1n) is 23.5. The molecule has 65 heavy (non-hydrogen) atoms. The van der Waals surface area contributed by atoms with Gasteiger partial charge in [0.2, 0.25) is 5.91 Å². The van der Waals surface area contributed by atoms with Crippen molar-refractivity contribution in [3.63, 3.8) is 0 Å². The molecule has 0 spiro atoms. The number of alkyl halides is 1. The summed E-state index contributed by atoms with van der Waals surface area (Å²) in [5.74, 6) is -0.782. The van der Waals surface area contributed by atoms with Crippen molar-refractivity contribution in [2.24, 2.45) is 11.7 Å². The van der Waals surface area contributed by atoms with E-state index in [9.17, 15) is 24.0 Å². The lowest BCUT2D eigenvalue weighted by Gasteiger charge is -2.38. The lowest BCUT2D eigenvalue weighted by molar-refractivity contribution is -0.125. The van der Waals surface area contributed by atoms with E-state index in [2.05, 4.69) is 41.8 Å². The zero-order chi connectivity index (χ0) is 45.0. The van der Waals surface area contributed by atoms with Gasteiger partial charge in [-0.3, -0.25) is 24.1 Å². The Kier molecular flexibility index (Phi) is 11.4. The van der Waals surface area contributed by atoms with Gasteiger partial charge < -0.3 is 40.9 Å². The largest absolute Gasteiger partial charge is 0.371 e. The van der Waals surface area contributed by atoms with E-state index in [4.69, 9.17) is 10.7 Å². The van der Waals surface area contributed by atoms with Gasteiger partial charge in [-0.25, -0.2) is 19.2 Å². The van der Waals surface area contributed by atoms with Crippen LogP contribution in [0.5, 0.6) is 0 Å². The maximum absolute atomic E-state index is 16.6. The van der Waals surface area contributed by atoms with E-state index in [0.717, 1.165) is 82.0 Å². The number of rotatable bonds is 11. The highest BCUT2D eigenvalue weighted by molar-refractivity contribution is 6.23. The van der Waals surface area contributed by atoms with Crippen LogP contribution in [0.4, 0.5) is 32.2 Å². The van der Waals surface area contributed by atoms with E-state index in [1.807, 2.05) is 11.0 Å². The lowest BCUT2D eigenvalue weighted by Crippen LogP contribution is -2.51. The van der Waals surface area contributed by atoms with Crippen molar-refractivity contribution in [3.8, 4) is 0 Å². The zero-order valence-electron chi connectivity index (χ0n) is 36.9. The van der Waals surface area contributed by atoms with Gasteiger partial charge in [-0.2, -0.15) is 0 Å². The van der Waals surface area contributed by atoms with E-state index in [-0.39, 0.29) is 29.5 Å². The number of amides is 6. The van der Waals surface area contributed by atoms with Crippen LogP contribution >= 0.6 is 0 Å². The molecule has 0 radical (unpaired) electrons. The van der Waals surface area contributed by atoms with Gasteiger partial charge in [0.05, 0.1) is 23.4 Å². The number of hydrogen-bond acceptors (Lipinski definition) is 11. The molecule has 1 aliphatic carbocycles. The number of allylic oxidation sites excluding steroid dienone is 1. The summed E-state index contributed by atoms with van der Waals surface area (Å²) in [5, 5.41) is 5.90. The number of imide groups is 1. The van der Waals surface area contributed by atoms with Crippen LogP contribution in [-0.4, -0.2) is 136 Å². The lowest BCUT2D eigenvalue weighted by atomic mass is 9.85. The second-order valence-electron chi connectivity index (χ2n) is 19.1. The topological polar surface area (TPSA) is 181 Å². The summed E-state index contributed by atoms with van der Waals surface area (Å²) in [6.45, 7) is 10.4. The molecule has 3 atom stereocenters. The molecule has 2 aromatic carbocycles. The Bertz CT molecular complexity index is 2400. The van der Waals surface area contributed by atoms with Gasteiger partial charge in [-0.05, 0) is 99.6 Å². The predicted molar refractivity (Wildman–Crippen MR) is 243 cm³/mol. The summed E-state index contributed by atoms with van der Waals surface area (Å²) in [7, 11) is 0. The summed E-state index contributed by atoms with van der Waals surface area (Å²) in [6, 6.07) is 12.3. The zero-order valence-corrected chi connectivity index (χ0v) is 36.9. The molecular formula is C48H58FN11O5. The van der Waals surface area contributed by atoms with Gasteiger partial charge in [-0.15, -0.1) is 0 Å². The number of nitrogens with zero attached hydrogens (tertiary/aromatic N) is 8. The molecule has 7 aliphatic rings. The Hall–Kier alpha value is -6.10. The van der Waals surface area contributed by atoms with Gasteiger partial charge in [0.15, 0.2) is 11.5 Å². The van der Waals surface area contributed by atoms with Crippen LogP contribution in [0.1, 0.15) is 107 Å². The molecule has 6 fully saturated rings. The number of anilines is 4. The van der Waals surface area contributed by atoms with E-state index >= 15 is 4.39 Å². The van der Waals surface area contributed by atoms with Gasteiger partial charge >= 0.3 is 6.03 Å². The fourth-order valence-corrected chi connectivity index (χ4v) is 11.4. The van der Waals surface area contributed by atoms with Crippen molar-refractivity contribution in [1.82, 2.24) is 34.9 Å². The minimum atomic E-state index is -1.49. The van der Waals surface area contributed by atoms with Gasteiger partial charge in [-0.1, -0.05) is 31.6 Å². The molecule has 1 aromatic heterocycles. The van der Waals surface area contributed by atoms with Gasteiger partial charge in [0.25, 0.3) is 17.7 Å². The average molecular weight is 888 g/mol. The molecule has 17 heteroatoms. The summed E-state index contributed by atoms with van der Waals surface area (Å²) in [4.78, 5) is 86.4. The van der Waals surface area contributed by atoms with Crippen molar-refractivity contribution in [1.29, 1.82) is 0 Å². The number of benzene rings is 2. The molecule has 3 unspecified atom stereocenters. The number of likely N-dealkylation sites (tertiary alicyclic amines) is 1. The number of piperidine rings is 3. The van der Waals surface area contributed by atoms with E-state index in [1.165, 1.54) is 12.8 Å². The molecule has 0 bridgehead atoms. The molecule has 6 aliphatic heterocycles. The molecule has 10 rings (SSSR count). The number of fused-ring (bicyclic) bond motifs is 1. The van der Waals surface area contributed by atoms with Crippen molar-refractivity contribution in [3.05, 3.63) is 83.3 Å². The predicted octanol–water partition coefficient (Wildman–Crippen LogP) is 5.14. The number of urea groups is 1. The summed E-state index contributed by atoms with van der Waals surface area (Å²) in [6.07, 6.45) is 10.5. The fraction of sp³-hybridized carbons (Fsp3) is 0.521. The first kappa shape index (κ1) is 42.8. The van der Waals surface area contributed by atoms with Crippen LogP contribution in [0, 0.1) is 5.92 Å². The number of nitrogens with two attached hydrogens (primary N) is 1. The number of halogens is 1. The number of carbonyl (C=O) groups is 5. The minimum absolute atomic E-state index is 0.0113. The third-order valence-electron chi connectivity index (χ3n) is 15.0. The highest BCUT2D eigenvalue weighted by Crippen LogP contribution is 2.39. The Morgan fingerprint density at radius 2 is 1.55 bits per heavy atom. The van der Waals surface area contributed by atoms with Crippen molar-refractivity contribution < 1.29 is 28.4 Å². The molecule has 1 saturated carbocycles. The summed E-state index contributed by atoms with van der Waals surface area (Å²) < 4.78 is 16.6. The normalized spacial score (nSPS) is 25.2. The maximum atomic E-state index is 16.6. The van der Waals surface area contributed by atoms with Crippen molar-refractivity contribution in [2.75, 3.05) is 74.0 Å². The summed E-state index contributed by atoms with van der Waals surface area (Å²) >= 11 is 0. The quantitative estimate of drug-likeness (QED) is 0.217.